The molecule has 0 radical (unpaired) electrons. The number of halogens is 1. The van der Waals surface area contributed by atoms with Gasteiger partial charge in [-0.15, -0.1) is 0 Å². The van der Waals surface area contributed by atoms with E-state index in [0.717, 1.165) is 17.3 Å². The summed E-state index contributed by atoms with van der Waals surface area (Å²) in [5, 5.41) is 2.59. The van der Waals surface area contributed by atoms with Crippen LogP contribution >= 0.6 is 11.8 Å². The molecule has 0 bridgehead atoms. The lowest BCUT2D eigenvalue weighted by atomic mass is 9.98. The van der Waals surface area contributed by atoms with Crippen LogP contribution in [0.2, 0.25) is 0 Å². The standard InChI is InChI=1S/C22H24FNO4S/c1-15(25)29-14-18(13-17-10-6-7-11-19(17)23)21(26)24-20(22(27)28-2)12-16-8-4-3-5-9-16/h3-11,18,20H,12-14H2,1-2H3,(H,24,26)/t18?,20-/m0/s1. The molecule has 0 saturated heterocycles. The second-order valence-corrected chi connectivity index (χ2v) is 7.77. The van der Waals surface area contributed by atoms with Gasteiger partial charge in [0.25, 0.3) is 0 Å². The Balaban J connectivity index is 2.16. The first-order valence-electron chi connectivity index (χ1n) is 9.19. The number of carbonyl (C=O) groups is 3. The molecule has 154 valence electrons. The minimum atomic E-state index is -0.875. The first-order valence-corrected chi connectivity index (χ1v) is 10.2. The first kappa shape index (κ1) is 22.6. The molecule has 0 fully saturated rings. The predicted molar refractivity (Wildman–Crippen MR) is 111 cm³/mol. The van der Waals surface area contributed by atoms with Gasteiger partial charge < -0.3 is 10.1 Å². The van der Waals surface area contributed by atoms with Gasteiger partial charge in [0.15, 0.2) is 5.12 Å². The molecule has 0 spiro atoms. The maximum Gasteiger partial charge on any atom is 0.328 e. The molecule has 1 unspecified atom stereocenters. The van der Waals surface area contributed by atoms with Crippen molar-refractivity contribution < 1.29 is 23.5 Å². The van der Waals surface area contributed by atoms with E-state index in [9.17, 15) is 18.8 Å². The highest BCUT2D eigenvalue weighted by Crippen LogP contribution is 2.18. The number of ether oxygens (including phenoxy) is 1. The zero-order chi connectivity index (χ0) is 21.2. The number of methoxy groups -OCH3 is 1. The average Bonchev–Trinajstić information content (AvgIpc) is 2.71. The third kappa shape index (κ3) is 7.34. The summed E-state index contributed by atoms with van der Waals surface area (Å²) in [6.07, 6.45) is 0.392. The van der Waals surface area contributed by atoms with Crippen LogP contribution in [0.25, 0.3) is 0 Å². The summed E-state index contributed by atoms with van der Waals surface area (Å²) in [6.45, 7) is 1.41. The Morgan fingerprint density at radius 1 is 1.03 bits per heavy atom. The van der Waals surface area contributed by atoms with Gasteiger partial charge >= 0.3 is 5.97 Å². The van der Waals surface area contributed by atoms with Gasteiger partial charge in [-0.2, -0.15) is 0 Å². The Kier molecular flexibility index (Phi) is 8.86. The number of nitrogens with one attached hydrogen (secondary N) is 1. The molecule has 0 aliphatic rings. The van der Waals surface area contributed by atoms with Gasteiger partial charge in [0.2, 0.25) is 5.91 Å². The Morgan fingerprint density at radius 2 is 1.69 bits per heavy atom. The van der Waals surface area contributed by atoms with Crippen molar-refractivity contribution in [3.05, 3.63) is 71.5 Å². The predicted octanol–water partition coefficient (Wildman–Crippen LogP) is 3.16. The molecule has 5 nitrogen and oxygen atoms in total. The maximum absolute atomic E-state index is 14.1. The van der Waals surface area contributed by atoms with Crippen LogP contribution in [0.4, 0.5) is 4.39 Å². The molecule has 7 heteroatoms. The SMILES string of the molecule is COC(=O)[C@H](Cc1ccccc1)NC(=O)C(CSC(C)=O)Cc1ccccc1F. The fraction of sp³-hybridized carbons (Fsp3) is 0.318. The van der Waals surface area contributed by atoms with Crippen molar-refractivity contribution in [2.24, 2.45) is 5.92 Å². The van der Waals surface area contributed by atoms with Crippen molar-refractivity contribution in [2.45, 2.75) is 25.8 Å². The van der Waals surface area contributed by atoms with Crippen molar-refractivity contribution in [1.82, 2.24) is 5.32 Å². The lowest BCUT2D eigenvalue weighted by Crippen LogP contribution is -2.46. The first-order chi connectivity index (χ1) is 13.9. The highest BCUT2D eigenvalue weighted by atomic mass is 32.2. The lowest BCUT2D eigenvalue weighted by molar-refractivity contribution is -0.145. The van der Waals surface area contributed by atoms with E-state index >= 15 is 0 Å². The number of hydrogen-bond donors (Lipinski definition) is 1. The topological polar surface area (TPSA) is 72.5 Å². The van der Waals surface area contributed by atoms with E-state index in [2.05, 4.69) is 5.32 Å². The van der Waals surface area contributed by atoms with Gasteiger partial charge in [-0.05, 0) is 23.6 Å². The zero-order valence-corrected chi connectivity index (χ0v) is 17.2. The molecule has 0 aliphatic carbocycles. The Morgan fingerprint density at radius 3 is 2.31 bits per heavy atom. The van der Waals surface area contributed by atoms with Crippen molar-refractivity contribution >= 4 is 28.8 Å². The summed E-state index contributed by atoms with van der Waals surface area (Å²) >= 11 is 1.000. The molecular formula is C22H24FNO4S. The van der Waals surface area contributed by atoms with Gasteiger partial charge in [0.05, 0.1) is 13.0 Å². The van der Waals surface area contributed by atoms with Crippen LogP contribution in [0.15, 0.2) is 54.6 Å². The second-order valence-electron chi connectivity index (χ2n) is 6.57. The second kappa shape index (κ2) is 11.4. The van der Waals surface area contributed by atoms with Gasteiger partial charge in [0.1, 0.15) is 11.9 Å². The lowest BCUT2D eigenvalue weighted by Gasteiger charge is -2.21. The van der Waals surface area contributed by atoms with Crippen LogP contribution in [-0.4, -0.2) is 35.9 Å². The van der Waals surface area contributed by atoms with Crippen molar-refractivity contribution in [3.63, 3.8) is 0 Å². The number of carbonyl (C=O) groups excluding carboxylic acids is 3. The molecule has 1 amide bonds. The highest BCUT2D eigenvalue weighted by Gasteiger charge is 2.27. The third-order valence-corrected chi connectivity index (χ3v) is 5.34. The number of hydrogen-bond acceptors (Lipinski definition) is 5. The molecule has 0 aromatic heterocycles. The van der Waals surface area contributed by atoms with Gasteiger partial charge in [-0.25, -0.2) is 9.18 Å². The monoisotopic (exact) mass is 417 g/mol. The normalized spacial score (nSPS) is 12.7. The molecule has 2 atom stereocenters. The summed E-state index contributed by atoms with van der Waals surface area (Å²) in [6, 6.07) is 14.6. The van der Waals surface area contributed by atoms with E-state index in [4.69, 9.17) is 4.74 Å². The molecule has 0 aliphatic heterocycles. The van der Waals surface area contributed by atoms with E-state index in [0.29, 0.717) is 5.56 Å². The van der Waals surface area contributed by atoms with Gasteiger partial charge in [-0.1, -0.05) is 60.3 Å². The zero-order valence-electron chi connectivity index (χ0n) is 16.4. The summed E-state index contributed by atoms with van der Waals surface area (Å²) < 4.78 is 18.9. The van der Waals surface area contributed by atoms with Crippen LogP contribution < -0.4 is 5.32 Å². The molecule has 0 saturated carbocycles. The van der Waals surface area contributed by atoms with E-state index in [1.807, 2.05) is 30.3 Å². The van der Waals surface area contributed by atoms with E-state index < -0.39 is 29.7 Å². The van der Waals surface area contributed by atoms with Gasteiger partial charge in [-0.3, -0.25) is 9.59 Å². The molecule has 1 N–H and O–H groups in total. The minimum Gasteiger partial charge on any atom is -0.467 e. The molecule has 0 heterocycles. The summed E-state index contributed by atoms with van der Waals surface area (Å²) in [5.74, 6) is -1.88. The number of thioether (sulfide) groups is 1. The van der Waals surface area contributed by atoms with Crippen LogP contribution in [0, 0.1) is 11.7 Å². The maximum atomic E-state index is 14.1. The molecule has 2 rings (SSSR count). The largest absolute Gasteiger partial charge is 0.467 e. The van der Waals surface area contributed by atoms with E-state index in [1.54, 1.807) is 18.2 Å². The van der Waals surface area contributed by atoms with Crippen molar-refractivity contribution in [2.75, 3.05) is 12.9 Å². The van der Waals surface area contributed by atoms with E-state index in [1.165, 1.54) is 20.1 Å². The Hall–Kier alpha value is -2.67. The quantitative estimate of drug-likeness (QED) is 0.635. The number of esters is 1. The minimum absolute atomic E-state index is 0.123. The smallest absolute Gasteiger partial charge is 0.328 e. The summed E-state index contributed by atoms with van der Waals surface area (Å²) in [5.41, 5.74) is 1.25. The Labute approximate surface area is 174 Å². The van der Waals surface area contributed by atoms with E-state index in [-0.39, 0.29) is 23.7 Å². The van der Waals surface area contributed by atoms with Crippen LogP contribution in [0.5, 0.6) is 0 Å². The van der Waals surface area contributed by atoms with Crippen molar-refractivity contribution in [3.8, 4) is 0 Å². The van der Waals surface area contributed by atoms with Crippen LogP contribution in [0.1, 0.15) is 18.1 Å². The summed E-state index contributed by atoms with van der Waals surface area (Å²) in [4.78, 5) is 36.5. The number of amides is 1. The fourth-order valence-electron chi connectivity index (χ4n) is 2.85. The molecular weight excluding hydrogens is 393 g/mol. The molecule has 29 heavy (non-hydrogen) atoms. The molecule has 2 aromatic carbocycles. The number of rotatable bonds is 9. The Bertz CT molecular complexity index is 844. The fourth-order valence-corrected chi connectivity index (χ4v) is 3.55. The van der Waals surface area contributed by atoms with Crippen molar-refractivity contribution in [1.29, 1.82) is 0 Å². The summed E-state index contributed by atoms with van der Waals surface area (Å²) in [7, 11) is 1.26. The number of benzene rings is 2. The molecule has 2 aromatic rings. The highest BCUT2D eigenvalue weighted by molar-refractivity contribution is 8.13. The average molecular weight is 418 g/mol. The van der Waals surface area contributed by atoms with Crippen LogP contribution in [-0.2, 0) is 32.0 Å². The third-order valence-electron chi connectivity index (χ3n) is 4.37. The van der Waals surface area contributed by atoms with Crippen LogP contribution in [0.3, 0.4) is 0 Å². The van der Waals surface area contributed by atoms with Gasteiger partial charge in [0, 0.05) is 19.1 Å².